The number of benzene rings is 1. The van der Waals surface area contributed by atoms with Crippen molar-refractivity contribution >= 4 is 29.1 Å². The Kier molecular flexibility index (Phi) is 4.99. The van der Waals surface area contributed by atoms with Gasteiger partial charge in [0.25, 0.3) is 5.91 Å². The molecule has 0 aliphatic heterocycles. The fourth-order valence-corrected chi connectivity index (χ4v) is 2.36. The first-order chi connectivity index (χ1) is 9.60. The normalized spacial score (nSPS) is 10.3. The molecule has 2 rings (SSSR count). The van der Waals surface area contributed by atoms with E-state index in [9.17, 15) is 4.79 Å². The van der Waals surface area contributed by atoms with Gasteiger partial charge >= 0.3 is 0 Å². The number of carbonyl (C=O) groups is 1. The highest BCUT2D eigenvalue weighted by Gasteiger charge is 2.16. The molecule has 0 N–H and O–H groups in total. The second-order valence-electron chi connectivity index (χ2n) is 4.31. The minimum absolute atomic E-state index is 0.109. The summed E-state index contributed by atoms with van der Waals surface area (Å²) in [7, 11) is 0. The number of halogens is 2. The number of aromatic nitrogens is 1. The number of nitrogens with zero attached hydrogens (tertiary/aromatic N) is 2. The molecule has 3 nitrogen and oxygen atoms in total. The van der Waals surface area contributed by atoms with Crippen LogP contribution in [0.15, 0.2) is 42.5 Å². The highest BCUT2D eigenvalue weighted by Crippen LogP contribution is 2.17. The zero-order valence-electron chi connectivity index (χ0n) is 11.0. The first-order valence-electron chi connectivity index (χ1n) is 6.26. The quantitative estimate of drug-likeness (QED) is 0.798. The largest absolute Gasteiger partial charge is 0.335 e. The lowest BCUT2D eigenvalue weighted by Gasteiger charge is -2.21. The molecule has 1 aromatic heterocycles. The average Bonchev–Trinajstić information content (AvgIpc) is 2.44. The molecule has 0 spiro atoms. The Labute approximate surface area is 128 Å². The molecule has 1 amide bonds. The van der Waals surface area contributed by atoms with Crippen molar-refractivity contribution in [2.24, 2.45) is 0 Å². The highest BCUT2D eigenvalue weighted by atomic mass is 35.5. The first-order valence-corrected chi connectivity index (χ1v) is 7.02. The van der Waals surface area contributed by atoms with E-state index in [1.54, 1.807) is 4.90 Å². The molecule has 5 heteroatoms. The predicted molar refractivity (Wildman–Crippen MR) is 81.1 cm³/mol. The summed E-state index contributed by atoms with van der Waals surface area (Å²) in [6.45, 7) is 3.09. The fraction of sp³-hybridized carbons (Fsp3) is 0.200. The second kappa shape index (κ2) is 6.73. The van der Waals surface area contributed by atoms with E-state index in [0.717, 1.165) is 5.56 Å². The Hall–Kier alpha value is -1.58. The zero-order valence-corrected chi connectivity index (χ0v) is 12.5. The summed E-state index contributed by atoms with van der Waals surface area (Å²) in [5.41, 5.74) is 1.53. The summed E-state index contributed by atoms with van der Waals surface area (Å²) in [5.74, 6) is -0.109. The molecule has 104 valence electrons. The fourth-order valence-electron chi connectivity index (χ4n) is 1.90. The monoisotopic (exact) mass is 308 g/mol. The molecular weight excluding hydrogens is 295 g/mol. The molecule has 20 heavy (non-hydrogen) atoms. The summed E-state index contributed by atoms with van der Waals surface area (Å²) in [6, 6.07) is 12.9. The molecule has 0 atom stereocenters. The molecule has 0 unspecified atom stereocenters. The SMILES string of the molecule is CCN(Cc1ccccc1)C(=O)c1cc(Cl)nc(Cl)c1. The number of amides is 1. The summed E-state index contributed by atoms with van der Waals surface area (Å²) in [4.78, 5) is 18.0. The van der Waals surface area contributed by atoms with Crippen LogP contribution in [0.3, 0.4) is 0 Å². The molecule has 0 fully saturated rings. The Morgan fingerprint density at radius 3 is 2.30 bits per heavy atom. The van der Waals surface area contributed by atoms with Gasteiger partial charge < -0.3 is 4.90 Å². The first kappa shape index (κ1) is 14.8. The van der Waals surface area contributed by atoms with Gasteiger partial charge in [-0.1, -0.05) is 53.5 Å². The summed E-state index contributed by atoms with van der Waals surface area (Å²) < 4.78 is 0. The smallest absolute Gasteiger partial charge is 0.254 e. The van der Waals surface area contributed by atoms with Crippen LogP contribution in [0.1, 0.15) is 22.8 Å². The summed E-state index contributed by atoms with van der Waals surface area (Å²) in [5, 5.41) is 0.438. The van der Waals surface area contributed by atoms with Gasteiger partial charge in [-0.25, -0.2) is 4.98 Å². The average molecular weight is 309 g/mol. The third kappa shape index (κ3) is 3.71. The van der Waals surface area contributed by atoms with Crippen LogP contribution in [0, 0.1) is 0 Å². The molecule has 0 saturated carbocycles. The Morgan fingerprint density at radius 1 is 1.15 bits per heavy atom. The van der Waals surface area contributed by atoms with Crippen LogP contribution in [0.4, 0.5) is 0 Å². The Balaban J connectivity index is 2.20. The van der Waals surface area contributed by atoms with Gasteiger partial charge in [0, 0.05) is 18.7 Å². The van der Waals surface area contributed by atoms with Crippen molar-refractivity contribution in [2.75, 3.05) is 6.54 Å². The lowest BCUT2D eigenvalue weighted by atomic mass is 10.2. The standard InChI is InChI=1S/C15H14Cl2N2O/c1-2-19(10-11-6-4-3-5-7-11)15(20)12-8-13(16)18-14(17)9-12/h3-9H,2,10H2,1H3. The lowest BCUT2D eigenvalue weighted by molar-refractivity contribution is 0.0752. The summed E-state index contributed by atoms with van der Waals surface area (Å²) >= 11 is 11.7. The third-order valence-corrected chi connectivity index (χ3v) is 3.28. The van der Waals surface area contributed by atoms with Crippen molar-refractivity contribution in [1.82, 2.24) is 9.88 Å². The van der Waals surface area contributed by atoms with Crippen molar-refractivity contribution in [3.05, 3.63) is 63.9 Å². The van der Waals surface area contributed by atoms with E-state index in [-0.39, 0.29) is 16.2 Å². The maximum absolute atomic E-state index is 12.5. The van der Waals surface area contributed by atoms with Crippen LogP contribution in [0.5, 0.6) is 0 Å². The van der Waals surface area contributed by atoms with E-state index >= 15 is 0 Å². The van der Waals surface area contributed by atoms with E-state index in [4.69, 9.17) is 23.2 Å². The van der Waals surface area contributed by atoms with E-state index in [1.165, 1.54) is 12.1 Å². The maximum atomic E-state index is 12.5. The molecule has 1 aromatic carbocycles. The lowest BCUT2D eigenvalue weighted by Crippen LogP contribution is -2.30. The molecule has 0 aliphatic rings. The number of carbonyl (C=O) groups excluding carboxylic acids is 1. The van der Waals surface area contributed by atoms with Crippen molar-refractivity contribution in [3.63, 3.8) is 0 Å². The number of hydrogen-bond acceptors (Lipinski definition) is 2. The van der Waals surface area contributed by atoms with Gasteiger partial charge in [-0.05, 0) is 24.6 Å². The molecule has 2 aromatic rings. The number of hydrogen-bond donors (Lipinski definition) is 0. The number of pyridine rings is 1. The van der Waals surface area contributed by atoms with E-state index in [1.807, 2.05) is 37.3 Å². The van der Waals surface area contributed by atoms with Crippen LogP contribution in [0.2, 0.25) is 10.3 Å². The van der Waals surface area contributed by atoms with Gasteiger partial charge in [0.15, 0.2) is 0 Å². The van der Waals surface area contributed by atoms with Gasteiger partial charge in [-0.15, -0.1) is 0 Å². The van der Waals surface area contributed by atoms with Gasteiger partial charge in [0.1, 0.15) is 10.3 Å². The van der Waals surface area contributed by atoms with Crippen LogP contribution in [0.25, 0.3) is 0 Å². The molecule has 0 radical (unpaired) electrons. The highest BCUT2D eigenvalue weighted by molar-refractivity contribution is 6.33. The zero-order chi connectivity index (χ0) is 14.5. The minimum Gasteiger partial charge on any atom is -0.335 e. The molecule has 0 aliphatic carbocycles. The minimum atomic E-state index is -0.109. The van der Waals surface area contributed by atoms with Crippen LogP contribution < -0.4 is 0 Å². The molecule has 0 bridgehead atoms. The van der Waals surface area contributed by atoms with Gasteiger partial charge in [-0.3, -0.25) is 4.79 Å². The summed E-state index contributed by atoms with van der Waals surface area (Å²) in [6.07, 6.45) is 0. The Bertz CT molecular complexity index is 582. The second-order valence-corrected chi connectivity index (χ2v) is 5.08. The maximum Gasteiger partial charge on any atom is 0.254 e. The van der Waals surface area contributed by atoms with Crippen LogP contribution in [-0.4, -0.2) is 22.3 Å². The van der Waals surface area contributed by atoms with Gasteiger partial charge in [-0.2, -0.15) is 0 Å². The van der Waals surface area contributed by atoms with Crippen molar-refractivity contribution < 1.29 is 4.79 Å². The van der Waals surface area contributed by atoms with Crippen molar-refractivity contribution in [1.29, 1.82) is 0 Å². The van der Waals surface area contributed by atoms with Crippen LogP contribution in [-0.2, 0) is 6.54 Å². The molecule has 0 saturated heterocycles. The van der Waals surface area contributed by atoms with Gasteiger partial charge in [0.2, 0.25) is 0 Å². The predicted octanol–water partition coefficient (Wildman–Crippen LogP) is 4.05. The van der Waals surface area contributed by atoms with Crippen molar-refractivity contribution in [3.8, 4) is 0 Å². The molecule has 1 heterocycles. The number of rotatable bonds is 4. The van der Waals surface area contributed by atoms with E-state index in [2.05, 4.69) is 4.98 Å². The Morgan fingerprint density at radius 2 is 1.75 bits per heavy atom. The molecular formula is C15H14Cl2N2O. The van der Waals surface area contributed by atoms with Gasteiger partial charge in [0.05, 0.1) is 0 Å². The van der Waals surface area contributed by atoms with E-state index < -0.39 is 0 Å². The van der Waals surface area contributed by atoms with E-state index in [0.29, 0.717) is 18.7 Å². The third-order valence-electron chi connectivity index (χ3n) is 2.89. The van der Waals surface area contributed by atoms with Crippen molar-refractivity contribution in [2.45, 2.75) is 13.5 Å². The van der Waals surface area contributed by atoms with Crippen LogP contribution >= 0.6 is 23.2 Å². The topological polar surface area (TPSA) is 33.2 Å².